The van der Waals surface area contributed by atoms with Gasteiger partial charge in [-0.25, -0.2) is 8.42 Å². The van der Waals surface area contributed by atoms with Crippen LogP contribution in [0.15, 0.2) is 82.6 Å². The molecule has 1 amide bonds. The van der Waals surface area contributed by atoms with Crippen molar-refractivity contribution >= 4 is 50.7 Å². The number of carbonyl (C=O) groups excluding carboxylic acids is 2. The molecule has 0 radical (unpaired) electrons. The Morgan fingerprint density at radius 3 is 2.03 bits per heavy atom. The van der Waals surface area contributed by atoms with Crippen LogP contribution in [0.1, 0.15) is 5.56 Å². The minimum atomic E-state index is -3.74. The first-order valence-corrected chi connectivity index (χ1v) is 12.8. The molecule has 0 atom stereocenters. The molecular formula is C24H22N2O5S2. The Morgan fingerprint density at radius 2 is 1.45 bits per heavy atom. The van der Waals surface area contributed by atoms with Crippen LogP contribution in [0, 0.1) is 6.92 Å². The van der Waals surface area contributed by atoms with Gasteiger partial charge in [0, 0.05) is 9.79 Å². The molecule has 33 heavy (non-hydrogen) atoms. The lowest BCUT2D eigenvalue weighted by Gasteiger charge is -2.31. The highest BCUT2D eigenvalue weighted by Gasteiger charge is 2.29. The molecule has 0 saturated carbocycles. The molecule has 1 aliphatic heterocycles. The van der Waals surface area contributed by atoms with E-state index in [4.69, 9.17) is 4.74 Å². The molecule has 7 nitrogen and oxygen atoms in total. The van der Waals surface area contributed by atoms with Crippen molar-refractivity contribution in [3.8, 4) is 0 Å². The van der Waals surface area contributed by atoms with E-state index in [9.17, 15) is 18.0 Å². The number of sulfonamides is 1. The Hall–Kier alpha value is -3.30. The molecule has 0 bridgehead atoms. The molecule has 170 valence electrons. The van der Waals surface area contributed by atoms with E-state index >= 15 is 0 Å². The predicted molar refractivity (Wildman–Crippen MR) is 128 cm³/mol. The maximum atomic E-state index is 13.1. The van der Waals surface area contributed by atoms with Crippen LogP contribution < -0.4 is 9.21 Å². The predicted octanol–water partition coefficient (Wildman–Crippen LogP) is 4.13. The van der Waals surface area contributed by atoms with Crippen LogP contribution in [0.4, 0.5) is 17.1 Å². The third kappa shape index (κ3) is 4.89. The fourth-order valence-electron chi connectivity index (χ4n) is 3.57. The molecule has 9 heteroatoms. The van der Waals surface area contributed by atoms with Crippen LogP contribution in [0.5, 0.6) is 0 Å². The zero-order valence-corrected chi connectivity index (χ0v) is 19.7. The lowest BCUT2D eigenvalue weighted by Crippen LogP contribution is -2.38. The summed E-state index contributed by atoms with van der Waals surface area (Å²) in [6.45, 7) is 0.711. The van der Waals surface area contributed by atoms with Gasteiger partial charge in [-0.1, -0.05) is 54.2 Å². The van der Waals surface area contributed by atoms with Crippen molar-refractivity contribution in [1.29, 1.82) is 0 Å². The Kier molecular flexibility index (Phi) is 6.44. The number of esters is 1. The number of anilines is 3. The molecule has 0 fully saturated rings. The number of rotatable bonds is 6. The van der Waals surface area contributed by atoms with E-state index < -0.39 is 35.1 Å². The summed E-state index contributed by atoms with van der Waals surface area (Å²) in [5.74, 6) is -1.24. The van der Waals surface area contributed by atoms with Gasteiger partial charge in [0.2, 0.25) is 10.0 Å². The average molecular weight is 483 g/mol. The van der Waals surface area contributed by atoms with Gasteiger partial charge < -0.3 is 4.74 Å². The smallest absolute Gasteiger partial charge is 0.327 e. The SMILES string of the molecule is Cc1ccccc1N(CC(=O)OCC(=O)N1c2ccccc2Sc2ccccc21)S(C)(=O)=O. The molecule has 4 rings (SSSR count). The number of amides is 1. The lowest BCUT2D eigenvalue weighted by atomic mass is 10.2. The summed E-state index contributed by atoms with van der Waals surface area (Å²) in [5, 5.41) is 0. The summed E-state index contributed by atoms with van der Waals surface area (Å²) in [6, 6.07) is 21.8. The van der Waals surface area contributed by atoms with E-state index in [0.29, 0.717) is 22.6 Å². The quantitative estimate of drug-likeness (QED) is 0.491. The van der Waals surface area contributed by atoms with Crippen LogP contribution >= 0.6 is 11.8 Å². The number of benzene rings is 3. The number of fused-ring (bicyclic) bond motifs is 2. The van der Waals surface area contributed by atoms with Gasteiger partial charge in [0.1, 0.15) is 6.54 Å². The third-order valence-electron chi connectivity index (χ3n) is 5.10. The summed E-state index contributed by atoms with van der Waals surface area (Å²) >= 11 is 1.56. The highest BCUT2D eigenvalue weighted by molar-refractivity contribution is 7.99. The lowest BCUT2D eigenvalue weighted by molar-refractivity contribution is -0.146. The van der Waals surface area contributed by atoms with Crippen LogP contribution in [0.2, 0.25) is 0 Å². The van der Waals surface area contributed by atoms with Gasteiger partial charge in [0.05, 0.1) is 23.3 Å². The summed E-state index contributed by atoms with van der Waals surface area (Å²) in [4.78, 5) is 29.1. The number of hydrogen-bond donors (Lipinski definition) is 0. The van der Waals surface area contributed by atoms with Crippen LogP contribution in [-0.4, -0.2) is 39.7 Å². The average Bonchev–Trinajstić information content (AvgIpc) is 2.79. The first-order valence-electron chi connectivity index (χ1n) is 10.1. The zero-order valence-electron chi connectivity index (χ0n) is 18.1. The van der Waals surface area contributed by atoms with Gasteiger partial charge in [-0.05, 0) is 42.8 Å². The molecule has 0 unspecified atom stereocenters. The molecule has 0 aliphatic carbocycles. The van der Waals surface area contributed by atoms with E-state index in [1.54, 1.807) is 43.0 Å². The van der Waals surface area contributed by atoms with E-state index in [0.717, 1.165) is 20.4 Å². The highest BCUT2D eigenvalue weighted by Crippen LogP contribution is 2.47. The molecule has 0 aromatic heterocycles. The molecular weight excluding hydrogens is 460 g/mol. The molecule has 1 heterocycles. The number of para-hydroxylation sites is 3. The summed E-state index contributed by atoms with van der Waals surface area (Å²) in [5.41, 5.74) is 2.50. The van der Waals surface area contributed by atoms with Crippen molar-refractivity contribution < 1.29 is 22.7 Å². The second kappa shape index (κ2) is 9.29. The Labute approximate surface area is 197 Å². The Balaban J connectivity index is 1.51. The van der Waals surface area contributed by atoms with E-state index in [1.807, 2.05) is 48.5 Å². The Bertz CT molecular complexity index is 1280. The second-order valence-corrected chi connectivity index (χ2v) is 10.5. The standard InChI is InChI=1S/C24H22N2O5S2/c1-17-9-3-4-10-18(17)25(33(2,29)30)15-24(28)31-16-23(27)26-19-11-5-7-13-21(19)32-22-14-8-6-12-20(22)26/h3-14H,15-16H2,1-2H3. The largest absolute Gasteiger partial charge is 0.454 e. The van der Waals surface area contributed by atoms with Crippen LogP contribution in [-0.2, 0) is 24.3 Å². The maximum Gasteiger partial charge on any atom is 0.327 e. The number of ether oxygens (including phenoxy) is 1. The number of hydrogen-bond acceptors (Lipinski definition) is 6. The summed E-state index contributed by atoms with van der Waals surface area (Å²) < 4.78 is 30.9. The maximum absolute atomic E-state index is 13.1. The first kappa shape index (κ1) is 22.9. The molecule has 1 aliphatic rings. The summed E-state index contributed by atoms with van der Waals surface area (Å²) in [6.07, 6.45) is 1.02. The number of carbonyl (C=O) groups is 2. The molecule has 3 aromatic rings. The number of nitrogens with zero attached hydrogens (tertiary/aromatic N) is 2. The fourth-order valence-corrected chi connectivity index (χ4v) is 5.53. The number of aryl methyl sites for hydroxylation is 1. The molecule has 0 saturated heterocycles. The molecule has 0 spiro atoms. The van der Waals surface area contributed by atoms with Crippen molar-refractivity contribution in [2.75, 3.05) is 28.6 Å². The van der Waals surface area contributed by atoms with E-state index in [1.165, 1.54) is 4.90 Å². The second-order valence-electron chi connectivity index (χ2n) is 7.48. The van der Waals surface area contributed by atoms with Gasteiger partial charge >= 0.3 is 5.97 Å². The third-order valence-corrected chi connectivity index (χ3v) is 7.35. The summed E-state index contributed by atoms with van der Waals surface area (Å²) in [7, 11) is -3.74. The van der Waals surface area contributed by atoms with Crippen molar-refractivity contribution in [3.63, 3.8) is 0 Å². The fraction of sp³-hybridized carbons (Fsp3) is 0.167. The van der Waals surface area contributed by atoms with Crippen molar-refractivity contribution in [2.45, 2.75) is 16.7 Å². The van der Waals surface area contributed by atoms with Gasteiger partial charge in [0.15, 0.2) is 6.61 Å². The van der Waals surface area contributed by atoms with Gasteiger partial charge in [-0.15, -0.1) is 0 Å². The Morgan fingerprint density at radius 1 is 0.909 bits per heavy atom. The zero-order chi connectivity index (χ0) is 23.6. The van der Waals surface area contributed by atoms with Crippen molar-refractivity contribution in [1.82, 2.24) is 0 Å². The normalized spacial score (nSPS) is 12.5. The topological polar surface area (TPSA) is 84.0 Å². The minimum Gasteiger partial charge on any atom is -0.454 e. The van der Waals surface area contributed by atoms with Gasteiger partial charge in [-0.2, -0.15) is 0 Å². The minimum absolute atomic E-state index is 0.388. The van der Waals surface area contributed by atoms with Crippen molar-refractivity contribution in [2.24, 2.45) is 0 Å². The van der Waals surface area contributed by atoms with E-state index in [2.05, 4.69) is 0 Å². The van der Waals surface area contributed by atoms with Crippen LogP contribution in [0.25, 0.3) is 0 Å². The van der Waals surface area contributed by atoms with E-state index in [-0.39, 0.29) is 0 Å². The van der Waals surface area contributed by atoms with Crippen LogP contribution in [0.3, 0.4) is 0 Å². The monoisotopic (exact) mass is 482 g/mol. The molecule has 3 aromatic carbocycles. The highest BCUT2D eigenvalue weighted by atomic mass is 32.2. The molecule has 0 N–H and O–H groups in total. The van der Waals surface area contributed by atoms with Gasteiger partial charge in [0.25, 0.3) is 5.91 Å². The van der Waals surface area contributed by atoms with Gasteiger partial charge in [-0.3, -0.25) is 18.8 Å². The van der Waals surface area contributed by atoms with Crippen molar-refractivity contribution in [3.05, 3.63) is 78.4 Å². The first-order chi connectivity index (χ1) is 15.8.